The Bertz CT molecular complexity index is 869. The fraction of sp³-hybridized carbons (Fsp3) is 0.353. The molecule has 3 rings (SSSR count). The molecule has 0 aliphatic carbocycles. The zero-order chi connectivity index (χ0) is 18.2. The SMILES string of the molecule is CC(C)c1c(Cl)cc(N=S(=O)(F)N2CC(c3ccccn3)C2)cc1Cl. The molecule has 0 N–H and O–H groups in total. The largest absolute Gasteiger partial charge is 0.275 e. The second-order valence-corrected chi connectivity index (χ2v) is 8.68. The van der Waals surface area contributed by atoms with E-state index in [1.54, 1.807) is 6.20 Å². The van der Waals surface area contributed by atoms with Crippen LogP contribution < -0.4 is 0 Å². The Morgan fingerprint density at radius 1 is 1.28 bits per heavy atom. The molecule has 1 fully saturated rings. The van der Waals surface area contributed by atoms with Crippen LogP contribution in [0.1, 0.15) is 36.9 Å². The Labute approximate surface area is 157 Å². The van der Waals surface area contributed by atoms with E-state index in [1.165, 1.54) is 16.4 Å². The van der Waals surface area contributed by atoms with Crippen LogP contribution in [-0.4, -0.2) is 26.6 Å². The number of rotatable bonds is 4. The van der Waals surface area contributed by atoms with Crippen molar-refractivity contribution in [1.82, 2.24) is 9.29 Å². The summed E-state index contributed by atoms with van der Waals surface area (Å²) in [5, 5.41) is 0.790. The molecule has 4 nitrogen and oxygen atoms in total. The van der Waals surface area contributed by atoms with E-state index in [0.29, 0.717) is 23.1 Å². The number of halogens is 3. The van der Waals surface area contributed by atoms with Crippen molar-refractivity contribution >= 4 is 39.2 Å². The van der Waals surface area contributed by atoms with Crippen molar-refractivity contribution in [3.05, 3.63) is 57.8 Å². The Kier molecular flexibility index (Phi) is 5.34. The van der Waals surface area contributed by atoms with Crippen LogP contribution in [0.2, 0.25) is 10.0 Å². The molecule has 0 amide bonds. The minimum atomic E-state index is -4.02. The summed E-state index contributed by atoms with van der Waals surface area (Å²) in [7, 11) is -4.02. The molecule has 2 heterocycles. The van der Waals surface area contributed by atoms with Crippen LogP contribution in [0.4, 0.5) is 9.57 Å². The summed E-state index contributed by atoms with van der Waals surface area (Å²) >= 11 is 12.4. The fourth-order valence-corrected chi connectivity index (χ4v) is 4.91. The van der Waals surface area contributed by atoms with Gasteiger partial charge in [-0.2, -0.15) is 12.9 Å². The topological polar surface area (TPSA) is 45.6 Å². The molecule has 1 unspecified atom stereocenters. The molecule has 2 aromatic rings. The zero-order valence-corrected chi connectivity index (χ0v) is 16.2. The fourth-order valence-electron chi connectivity index (χ4n) is 2.79. The first-order valence-corrected chi connectivity index (χ1v) is 10.0. The normalized spacial score (nSPS) is 18.0. The van der Waals surface area contributed by atoms with Gasteiger partial charge in [0.2, 0.25) is 0 Å². The lowest BCUT2D eigenvalue weighted by Crippen LogP contribution is -2.46. The minimum Gasteiger partial charge on any atom is -0.261 e. The van der Waals surface area contributed by atoms with E-state index in [1.807, 2.05) is 32.0 Å². The highest BCUT2D eigenvalue weighted by molar-refractivity contribution is 7.86. The van der Waals surface area contributed by atoms with Gasteiger partial charge in [0.1, 0.15) is 0 Å². The standard InChI is InChI=1S/C17H18Cl2FN3OS/c1-11(2)17-14(18)7-13(8-15(17)19)22-25(20,24)23-9-12(10-23)16-5-3-4-6-21-16/h3-8,11-12H,9-10H2,1-2H3. The predicted octanol–water partition coefficient (Wildman–Crippen LogP) is 5.51. The van der Waals surface area contributed by atoms with E-state index in [9.17, 15) is 8.09 Å². The predicted molar refractivity (Wildman–Crippen MR) is 100 cm³/mol. The Hall–Kier alpha value is -1.21. The number of benzene rings is 1. The van der Waals surface area contributed by atoms with Crippen LogP contribution in [0.3, 0.4) is 0 Å². The maximum absolute atomic E-state index is 14.6. The summed E-state index contributed by atoms with van der Waals surface area (Å²) in [5.41, 5.74) is 1.81. The smallest absolute Gasteiger partial charge is 0.261 e. The maximum Gasteiger partial charge on any atom is 0.275 e. The molecular weight excluding hydrogens is 384 g/mol. The molecule has 1 aliphatic rings. The number of hydrogen-bond donors (Lipinski definition) is 0. The van der Waals surface area contributed by atoms with Crippen molar-refractivity contribution in [3.8, 4) is 0 Å². The molecule has 0 saturated carbocycles. The molecule has 0 bridgehead atoms. The van der Waals surface area contributed by atoms with Crippen LogP contribution in [0.15, 0.2) is 40.9 Å². The highest BCUT2D eigenvalue weighted by atomic mass is 35.5. The summed E-state index contributed by atoms with van der Waals surface area (Å²) in [5.74, 6) is 0.182. The van der Waals surface area contributed by atoms with Gasteiger partial charge in [0.05, 0.1) is 5.69 Å². The number of pyridine rings is 1. The lowest BCUT2D eigenvalue weighted by atomic mass is 9.99. The molecule has 1 atom stereocenters. The maximum atomic E-state index is 14.6. The lowest BCUT2D eigenvalue weighted by molar-refractivity contribution is 0.261. The third kappa shape index (κ3) is 3.97. The minimum absolute atomic E-state index is 0.0588. The van der Waals surface area contributed by atoms with E-state index in [2.05, 4.69) is 9.35 Å². The molecule has 1 saturated heterocycles. The monoisotopic (exact) mass is 401 g/mol. The third-order valence-corrected chi connectivity index (χ3v) is 6.13. The van der Waals surface area contributed by atoms with Gasteiger partial charge in [0.15, 0.2) is 0 Å². The average Bonchev–Trinajstić information content (AvgIpc) is 2.44. The molecular formula is C17H18Cl2FN3OS. The van der Waals surface area contributed by atoms with Crippen LogP contribution in [0, 0.1) is 0 Å². The van der Waals surface area contributed by atoms with Gasteiger partial charge in [-0.25, -0.2) is 0 Å². The van der Waals surface area contributed by atoms with Gasteiger partial charge in [-0.15, -0.1) is 3.89 Å². The van der Waals surface area contributed by atoms with Crippen molar-refractivity contribution in [2.75, 3.05) is 13.1 Å². The third-order valence-electron chi connectivity index (χ3n) is 4.13. The van der Waals surface area contributed by atoms with Crippen molar-refractivity contribution in [3.63, 3.8) is 0 Å². The summed E-state index contributed by atoms with van der Waals surface area (Å²) in [4.78, 5) is 4.24. The Morgan fingerprint density at radius 3 is 2.44 bits per heavy atom. The van der Waals surface area contributed by atoms with Gasteiger partial charge in [-0.05, 0) is 35.7 Å². The second-order valence-electron chi connectivity index (χ2n) is 6.30. The first-order chi connectivity index (χ1) is 11.8. The molecule has 1 aromatic carbocycles. The van der Waals surface area contributed by atoms with Crippen LogP contribution >= 0.6 is 23.2 Å². The summed E-state index contributed by atoms with van der Waals surface area (Å²) in [6.45, 7) is 4.53. The van der Waals surface area contributed by atoms with Crippen molar-refractivity contribution in [1.29, 1.82) is 0 Å². The van der Waals surface area contributed by atoms with E-state index >= 15 is 0 Å². The highest BCUT2D eigenvalue weighted by Gasteiger charge is 2.36. The van der Waals surface area contributed by atoms with Gasteiger partial charge in [0.25, 0.3) is 10.3 Å². The van der Waals surface area contributed by atoms with Crippen LogP contribution in [-0.2, 0) is 10.3 Å². The van der Waals surface area contributed by atoms with Crippen LogP contribution in [0.5, 0.6) is 0 Å². The number of aromatic nitrogens is 1. The van der Waals surface area contributed by atoms with Crippen molar-refractivity contribution < 1.29 is 8.09 Å². The van der Waals surface area contributed by atoms with Gasteiger partial charge >= 0.3 is 0 Å². The van der Waals surface area contributed by atoms with Gasteiger partial charge in [-0.3, -0.25) is 4.98 Å². The Balaban J connectivity index is 1.81. The van der Waals surface area contributed by atoms with E-state index < -0.39 is 10.3 Å². The van der Waals surface area contributed by atoms with Crippen molar-refractivity contribution in [2.24, 2.45) is 4.36 Å². The quantitative estimate of drug-likeness (QED) is 0.633. The van der Waals surface area contributed by atoms with E-state index in [-0.39, 0.29) is 17.5 Å². The van der Waals surface area contributed by atoms with Crippen molar-refractivity contribution in [2.45, 2.75) is 25.7 Å². The molecule has 8 heteroatoms. The zero-order valence-electron chi connectivity index (χ0n) is 13.8. The second kappa shape index (κ2) is 7.19. The average molecular weight is 402 g/mol. The first-order valence-electron chi connectivity index (χ1n) is 7.89. The van der Waals surface area contributed by atoms with Crippen LogP contribution in [0.25, 0.3) is 0 Å². The molecule has 25 heavy (non-hydrogen) atoms. The van der Waals surface area contributed by atoms with Gasteiger partial charge in [-0.1, -0.05) is 43.1 Å². The molecule has 1 aliphatic heterocycles. The van der Waals surface area contributed by atoms with E-state index in [0.717, 1.165) is 11.3 Å². The first kappa shape index (κ1) is 18.6. The summed E-state index contributed by atoms with van der Waals surface area (Å²) < 4.78 is 31.9. The van der Waals surface area contributed by atoms with Gasteiger partial charge < -0.3 is 0 Å². The number of nitrogens with zero attached hydrogens (tertiary/aromatic N) is 3. The molecule has 0 radical (unpaired) electrons. The molecule has 1 aromatic heterocycles. The summed E-state index contributed by atoms with van der Waals surface area (Å²) in [6.07, 6.45) is 1.69. The highest BCUT2D eigenvalue weighted by Crippen LogP contribution is 2.37. The lowest BCUT2D eigenvalue weighted by Gasteiger charge is -2.36. The van der Waals surface area contributed by atoms with E-state index in [4.69, 9.17) is 23.2 Å². The molecule has 134 valence electrons. The molecule has 0 spiro atoms. The van der Waals surface area contributed by atoms with Gasteiger partial charge in [0, 0.05) is 40.9 Å². The number of hydrogen-bond acceptors (Lipinski definition) is 3. The summed E-state index contributed by atoms with van der Waals surface area (Å²) in [6, 6.07) is 8.57. The Morgan fingerprint density at radius 2 is 1.92 bits per heavy atom.